The van der Waals surface area contributed by atoms with Crippen LogP contribution >= 0.6 is 11.6 Å². The Morgan fingerprint density at radius 3 is 2.68 bits per heavy atom. The summed E-state index contributed by atoms with van der Waals surface area (Å²) in [4.78, 5) is 12.0. The van der Waals surface area contributed by atoms with E-state index in [1.54, 1.807) is 24.3 Å². The molecule has 0 unspecified atom stereocenters. The average Bonchev–Trinajstić information content (AvgIpc) is 2.46. The van der Waals surface area contributed by atoms with E-state index < -0.39 is 0 Å². The number of halogens is 1. The molecule has 0 saturated heterocycles. The van der Waals surface area contributed by atoms with Crippen molar-refractivity contribution in [1.82, 2.24) is 0 Å². The highest BCUT2D eigenvalue weighted by atomic mass is 35.5. The fourth-order valence-corrected chi connectivity index (χ4v) is 2.11. The number of benzene rings is 2. The number of anilines is 2. The maximum Gasteiger partial charge on any atom is 0.243 e. The van der Waals surface area contributed by atoms with Crippen molar-refractivity contribution in [2.45, 2.75) is 20.0 Å². The van der Waals surface area contributed by atoms with Gasteiger partial charge in [0.15, 0.2) is 0 Å². The van der Waals surface area contributed by atoms with E-state index in [9.17, 15) is 4.79 Å². The minimum Gasteiger partial charge on any atom is -0.489 e. The van der Waals surface area contributed by atoms with Crippen LogP contribution in [-0.4, -0.2) is 18.6 Å². The van der Waals surface area contributed by atoms with Crippen LogP contribution < -0.4 is 15.4 Å². The van der Waals surface area contributed by atoms with E-state index in [1.165, 1.54) is 0 Å². The Morgan fingerprint density at radius 2 is 1.95 bits per heavy atom. The van der Waals surface area contributed by atoms with Gasteiger partial charge in [-0.05, 0) is 44.2 Å². The molecule has 0 atom stereocenters. The summed E-state index contributed by atoms with van der Waals surface area (Å²) < 4.78 is 5.70. The first-order valence-electron chi connectivity index (χ1n) is 7.09. The molecule has 2 rings (SSSR count). The number of nitrogens with one attached hydrogen (secondary N) is 2. The number of hydrogen-bond acceptors (Lipinski definition) is 3. The maximum atomic E-state index is 12.0. The molecule has 116 valence electrons. The zero-order valence-electron chi connectivity index (χ0n) is 12.6. The summed E-state index contributed by atoms with van der Waals surface area (Å²) in [7, 11) is 0. The molecule has 0 spiro atoms. The van der Waals surface area contributed by atoms with Crippen molar-refractivity contribution in [1.29, 1.82) is 0 Å². The molecule has 0 saturated carbocycles. The van der Waals surface area contributed by atoms with Gasteiger partial charge in [-0.3, -0.25) is 4.79 Å². The second-order valence-corrected chi connectivity index (χ2v) is 5.51. The van der Waals surface area contributed by atoms with Gasteiger partial charge in [-0.1, -0.05) is 29.8 Å². The molecular formula is C17H19ClN2O2. The summed E-state index contributed by atoms with van der Waals surface area (Å²) in [6, 6.07) is 14.6. The predicted octanol–water partition coefficient (Wildman–Crippen LogP) is 4.18. The molecule has 0 heterocycles. The van der Waals surface area contributed by atoms with Gasteiger partial charge in [-0.2, -0.15) is 0 Å². The third kappa shape index (κ3) is 4.97. The standard InChI is InChI=1S/C17H19ClN2O2/c1-12(2)22-16-9-4-3-8-15(16)19-11-17(21)20-14-7-5-6-13(18)10-14/h3-10,12,19H,11H2,1-2H3,(H,20,21). The number of amides is 1. The second-order valence-electron chi connectivity index (χ2n) is 5.07. The predicted molar refractivity (Wildman–Crippen MR) is 90.8 cm³/mol. The van der Waals surface area contributed by atoms with Crippen LogP contribution in [0.4, 0.5) is 11.4 Å². The molecule has 2 N–H and O–H groups in total. The van der Waals surface area contributed by atoms with Gasteiger partial charge in [0.05, 0.1) is 18.3 Å². The van der Waals surface area contributed by atoms with Crippen LogP contribution in [0.3, 0.4) is 0 Å². The normalized spacial score (nSPS) is 10.4. The van der Waals surface area contributed by atoms with E-state index in [0.29, 0.717) is 10.7 Å². The Balaban J connectivity index is 1.94. The average molecular weight is 319 g/mol. The minimum absolute atomic E-state index is 0.0724. The summed E-state index contributed by atoms with van der Waals surface area (Å²) in [6.07, 6.45) is 0.0724. The van der Waals surface area contributed by atoms with Gasteiger partial charge in [-0.25, -0.2) is 0 Å². The van der Waals surface area contributed by atoms with E-state index in [1.807, 2.05) is 38.1 Å². The van der Waals surface area contributed by atoms with Gasteiger partial charge in [0.1, 0.15) is 5.75 Å². The van der Waals surface area contributed by atoms with Crippen LogP contribution in [-0.2, 0) is 4.79 Å². The molecular weight excluding hydrogens is 300 g/mol. The van der Waals surface area contributed by atoms with E-state index in [2.05, 4.69) is 10.6 Å². The van der Waals surface area contributed by atoms with E-state index >= 15 is 0 Å². The van der Waals surface area contributed by atoms with Crippen molar-refractivity contribution < 1.29 is 9.53 Å². The molecule has 0 radical (unpaired) electrons. The van der Waals surface area contributed by atoms with Crippen LogP contribution in [0.15, 0.2) is 48.5 Å². The highest BCUT2D eigenvalue weighted by molar-refractivity contribution is 6.30. The Hall–Kier alpha value is -2.20. The SMILES string of the molecule is CC(C)Oc1ccccc1NCC(=O)Nc1cccc(Cl)c1. The molecule has 0 fully saturated rings. The molecule has 0 aliphatic carbocycles. The molecule has 2 aromatic carbocycles. The van der Waals surface area contributed by atoms with Crippen LogP contribution in [0, 0.1) is 0 Å². The van der Waals surface area contributed by atoms with Gasteiger partial charge >= 0.3 is 0 Å². The largest absolute Gasteiger partial charge is 0.489 e. The molecule has 0 aromatic heterocycles. The van der Waals surface area contributed by atoms with Crippen molar-refractivity contribution in [3.8, 4) is 5.75 Å². The van der Waals surface area contributed by atoms with Crippen LogP contribution in [0.2, 0.25) is 5.02 Å². The van der Waals surface area contributed by atoms with Crippen molar-refractivity contribution in [3.63, 3.8) is 0 Å². The van der Waals surface area contributed by atoms with Gasteiger partial charge < -0.3 is 15.4 Å². The summed E-state index contributed by atoms with van der Waals surface area (Å²) in [6.45, 7) is 4.07. The first-order valence-corrected chi connectivity index (χ1v) is 7.47. The van der Waals surface area contributed by atoms with E-state index in [4.69, 9.17) is 16.3 Å². The molecule has 0 bridgehead atoms. The summed E-state index contributed by atoms with van der Waals surface area (Å²) >= 11 is 5.89. The molecule has 1 amide bonds. The van der Waals surface area contributed by atoms with Gasteiger partial charge in [0, 0.05) is 10.7 Å². The quantitative estimate of drug-likeness (QED) is 0.840. The number of ether oxygens (including phenoxy) is 1. The highest BCUT2D eigenvalue weighted by Crippen LogP contribution is 2.24. The van der Waals surface area contributed by atoms with Crippen molar-refractivity contribution >= 4 is 28.9 Å². The Bertz CT molecular complexity index is 644. The monoisotopic (exact) mass is 318 g/mol. The lowest BCUT2D eigenvalue weighted by molar-refractivity contribution is -0.114. The molecule has 4 nitrogen and oxygen atoms in total. The van der Waals surface area contributed by atoms with Gasteiger partial charge in [-0.15, -0.1) is 0 Å². The van der Waals surface area contributed by atoms with Crippen molar-refractivity contribution in [2.75, 3.05) is 17.2 Å². The lowest BCUT2D eigenvalue weighted by atomic mass is 10.3. The maximum absolute atomic E-state index is 12.0. The molecule has 22 heavy (non-hydrogen) atoms. The zero-order chi connectivity index (χ0) is 15.9. The lowest BCUT2D eigenvalue weighted by Crippen LogP contribution is -2.22. The van der Waals surface area contributed by atoms with Gasteiger partial charge in [0.2, 0.25) is 5.91 Å². The van der Waals surface area contributed by atoms with Crippen LogP contribution in [0.5, 0.6) is 5.75 Å². The summed E-state index contributed by atoms with van der Waals surface area (Å²) in [5.74, 6) is 0.578. The van der Waals surface area contributed by atoms with Crippen molar-refractivity contribution in [3.05, 3.63) is 53.6 Å². The van der Waals surface area contributed by atoms with Crippen molar-refractivity contribution in [2.24, 2.45) is 0 Å². The number of rotatable bonds is 6. The Kier molecular flexibility index (Phi) is 5.67. The van der Waals surface area contributed by atoms with E-state index in [0.717, 1.165) is 11.4 Å². The third-order valence-electron chi connectivity index (χ3n) is 2.80. The molecule has 0 aliphatic heterocycles. The minimum atomic E-state index is -0.151. The fourth-order valence-electron chi connectivity index (χ4n) is 1.92. The zero-order valence-corrected chi connectivity index (χ0v) is 13.4. The number of carbonyl (C=O) groups excluding carboxylic acids is 1. The van der Waals surface area contributed by atoms with Crippen LogP contribution in [0.1, 0.15) is 13.8 Å². The molecule has 5 heteroatoms. The third-order valence-corrected chi connectivity index (χ3v) is 3.03. The lowest BCUT2D eigenvalue weighted by Gasteiger charge is -2.15. The molecule has 2 aromatic rings. The number of carbonyl (C=O) groups is 1. The first kappa shape index (κ1) is 16.2. The molecule has 0 aliphatic rings. The Labute approximate surface area is 135 Å². The Morgan fingerprint density at radius 1 is 1.18 bits per heavy atom. The van der Waals surface area contributed by atoms with Crippen LogP contribution in [0.25, 0.3) is 0 Å². The fraction of sp³-hybridized carbons (Fsp3) is 0.235. The number of para-hydroxylation sites is 2. The van der Waals surface area contributed by atoms with E-state index in [-0.39, 0.29) is 18.6 Å². The topological polar surface area (TPSA) is 50.4 Å². The second kappa shape index (κ2) is 7.71. The smallest absolute Gasteiger partial charge is 0.243 e. The first-order chi connectivity index (χ1) is 10.5. The van der Waals surface area contributed by atoms with Gasteiger partial charge in [0.25, 0.3) is 0 Å². The number of hydrogen-bond donors (Lipinski definition) is 2. The highest BCUT2D eigenvalue weighted by Gasteiger charge is 2.07. The summed E-state index contributed by atoms with van der Waals surface area (Å²) in [5.41, 5.74) is 1.46. The summed E-state index contributed by atoms with van der Waals surface area (Å²) in [5, 5.41) is 6.45.